The molecule has 0 radical (unpaired) electrons. The number of pyridine rings is 1. The molecule has 0 bridgehead atoms. The Kier molecular flexibility index (Phi) is 2.97. The number of nitrogens with zero attached hydrogens (tertiary/aromatic N) is 3. The standard InChI is InChI=1S/C11H11N5O3S/c12-7-6(9(17)18)3-4-13-8(7)20-11-15-14-10(19)16(11)5-1-2-5/h3-5H,1-2,12H2,(H,14,19)(H,17,18). The predicted octanol–water partition coefficient (Wildman–Crippen LogP) is 0.733. The first-order valence-electron chi connectivity index (χ1n) is 5.90. The molecule has 2 heterocycles. The normalized spacial score (nSPS) is 14.4. The second-order valence-corrected chi connectivity index (χ2v) is 5.35. The molecule has 9 heteroatoms. The summed E-state index contributed by atoms with van der Waals surface area (Å²) in [5, 5.41) is 16.1. The maximum Gasteiger partial charge on any atom is 0.344 e. The predicted molar refractivity (Wildman–Crippen MR) is 70.9 cm³/mol. The number of anilines is 1. The van der Waals surface area contributed by atoms with Gasteiger partial charge in [0.1, 0.15) is 5.03 Å². The molecule has 1 fully saturated rings. The van der Waals surface area contributed by atoms with Crippen LogP contribution in [0.5, 0.6) is 0 Å². The lowest BCUT2D eigenvalue weighted by molar-refractivity contribution is 0.0697. The van der Waals surface area contributed by atoms with Gasteiger partial charge in [-0.1, -0.05) is 0 Å². The smallest absolute Gasteiger partial charge is 0.344 e. The number of nitrogens with one attached hydrogen (secondary N) is 1. The first kappa shape index (κ1) is 12.7. The maximum atomic E-state index is 11.7. The summed E-state index contributed by atoms with van der Waals surface area (Å²) in [5.74, 6) is -1.12. The molecule has 0 unspecified atom stereocenters. The van der Waals surface area contributed by atoms with E-state index in [2.05, 4.69) is 15.2 Å². The van der Waals surface area contributed by atoms with Crippen LogP contribution in [0.1, 0.15) is 29.2 Å². The maximum absolute atomic E-state index is 11.7. The first-order chi connectivity index (χ1) is 9.58. The summed E-state index contributed by atoms with van der Waals surface area (Å²) in [5.41, 5.74) is 5.57. The number of aromatic amines is 1. The summed E-state index contributed by atoms with van der Waals surface area (Å²) in [6.07, 6.45) is 3.24. The molecule has 1 aliphatic rings. The van der Waals surface area contributed by atoms with Crippen molar-refractivity contribution in [3.05, 3.63) is 28.3 Å². The van der Waals surface area contributed by atoms with Crippen molar-refractivity contribution in [3.8, 4) is 0 Å². The van der Waals surface area contributed by atoms with Gasteiger partial charge < -0.3 is 10.8 Å². The number of nitrogen functional groups attached to an aromatic ring is 1. The van der Waals surface area contributed by atoms with Gasteiger partial charge in [-0.2, -0.15) is 0 Å². The lowest BCUT2D eigenvalue weighted by Gasteiger charge is -2.07. The van der Waals surface area contributed by atoms with E-state index >= 15 is 0 Å². The molecule has 2 aromatic rings. The van der Waals surface area contributed by atoms with E-state index in [1.807, 2.05) is 0 Å². The van der Waals surface area contributed by atoms with Crippen molar-refractivity contribution in [2.24, 2.45) is 0 Å². The van der Waals surface area contributed by atoms with Crippen LogP contribution in [0, 0.1) is 0 Å². The summed E-state index contributed by atoms with van der Waals surface area (Å²) in [6.45, 7) is 0. The lowest BCUT2D eigenvalue weighted by atomic mass is 10.2. The van der Waals surface area contributed by atoms with Gasteiger partial charge >= 0.3 is 11.7 Å². The number of carbonyl (C=O) groups is 1. The molecule has 4 N–H and O–H groups in total. The number of H-pyrrole nitrogens is 1. The minimum absolute atomic E-state index is 0.0154. The molecule has 0 saturated heterocycles. The average molecular weight is 293 g/mol. The zero-order valence-corrected chi connectivity index (χ0v) is 11.1. The van der Waals surface area contributed by atoms with Gasteiger partial charge in [0.25, 0.3) is 0 Å². The molecule has 20 heavy (non-hydrogen) atoms. The number of aromatic carboxylic acids is 1. The van der Waals surface area contributed by atoms with Crippen LogP contribution in [-0.4, -0.2) is 30.8 Å². The third-order valence-electron chi connectivity index (χ3n) is 2.96. The quantitative estimate of drug-likeness (QED) is 0.758. The van der Waals surface area contributed by atoms with Crippen molar-refractivity contribution in [3.63, 3.8) is 0 Å². The molecule has 3 rings (SSSR count). The van der Waals surface area contributed by atoms with Crippen LogP contribution in [0.3, 0.4) is 0 Å². The third-order valence-corrected chi connectivity index (χ3v) is 3.95. The highest BCUT2D eigenvalue weighted by molar-refractivity contribution is 7.99. The van der Waals surface area contributed by atoms with Crippen LogP contribution in [0.15, 0.2) is 27.2 Å². The van der Waals surface area contributed by atoms with E-state index < -0.39 is 5.97 Å². The summed E-state index contributed by atoms with van der Waals surface area (Å²) < 4.78 is 1.55. The van der Waals surface area contributed by atoms with Crippen molar-refractivity contribution in [1.29, 1.82) is 0 Å². The monoisotopic (exact) mass is 293 g/mol. The number of nitrogens with two attached hydrogens (primary N) is 1. The van der Waals surface area contributed by atoms with Gasteiger partial charge in [-0.05, 0) is 30.7 Å². The molecule has 1 saturated carbocycles. The Morgan fingerprint density at radius 3 is 2.95 bits per heavy atom. The highest BCUT2D eigenvalue weighted by Crippen LogP contribution is 2.38. The fourth-order valence-corrected chi connectivity index (χ4v) is 2.75. The Morgan fingerprint density at radius 1 is 1.55 bits per heavy atom. The minimum Gasteiger partial charge on any atom is -0.478 e. The second-order valence-electron chi connectivity index (χ2n) is 4.40. The van der Waals surface area contributed by atoms with Gasteiger partial charge in [-0.25, -0.2) is 19.7 Å². The third kappa shape index (κ3) is 2.16. The van der Waals surface area contributed by atoms with Crippen molar-refractivity contribution in [2.45, 2.75) is 29.1 Å². The number of carboxylic acid groups (broad SMARTS) is 1. The van der Waals surface area contributed by atoms with E-state index in [9.17, 15) is 9.59 Å². The summed E-state index contributed by atoms with van der Waals surface area (Å²) >= 11 is 1.08. The minimum atomic E-state index is -1.12. The van der Waals surface area contributed by atoms with Gasteiger partial charge in [0.15, 0.2) is 5.16 Å². The Bertz CT molecular complexity index is 734. The summed E-state index contributed by atoms with van der Waals surface area (Å²) in [7, 11) is 0. The van der Waals surface area contributed by atoms with Crippen LogP contribution >= 0.6 is 11.8 Å². The molecule has 0 atom stereocenters. The summed E-state index contributed by atoms with van der Waals surface area (Å²) in [6, 6.07) is 1.49. The average Bonchev–Trinajstić information content (AvgIpc) is 3.17. The molecule has 0 spiro atoms. The number of hydrogen-bond acceptors (Lipinski definition) is 6. The van der Waals surface area contributed by atoms with Crippen LogP contribution in [0.4, 0.5) is 5.69 Å². The largest absolute Gasteiger partial charge is 0.478 e. The van der Waals surface area contributed by atoms with Crippen molar-refractivity contribution >= 4 is 23.4 Å². The van der Waals surface area contributed by atoms with Crippen molar-refractivity contribution < 1.29 is 9.90 Å². The van der Waals surface area contributed by atoms with Crippen molar-refractivity contribution in [2.75, 3.05) is 5.73 Å². The van der Waals surface area contributed by atoms with E-state index in [-0.39, 0.29) is 23.0 Å². The number of rotatable bonds is 4. The zero-order valence-electron chi connectivity index (χ0n) is 10.2. The molecule has 0 aromatic carbocycles. The van der Waals surface area contributed by atoms with Crippen molar-refractivity contribution in [1.82, 2.24) is 19.7 Å². The molecule has 0 aliphatic heterocycles. The van der Waals surface area contributed by atoms with E-state index in [1.54, 1.807) is 4.57 Å². The second kappa shape index (κ2) is 4.67. The van der Waals surface area contributed by atoms with Gasteiger partial charge in [0, 0.05) is 12.2 Å². The van der Waals surface area contributed by atoms with E-state index in [0.717, 1.165) is 24.6 Å². The van der Waals surface area contributed by atoms with Gasteiger partial charge in [0.05, 0.1) is 11.3 Å². The van der Waals surface area contributed by atoms with Crippen LogP contribution < -0.4 is 11.4 Å². The topological polar surface area (TPSA) is 127 Å². The number of aromatic nitrogens is 4. The molecule has 104 valence electrons. The number of hydrogen-bond donors (Lipinski definition) is 3. The van der Waals surface area contributed by atoms with Gasteiger partial charge in [0.2, 0.25) is 0 Å². The molecular weight excluding hydrogens is 282 g/mol. The van der Waals surface area contributed by atoms with E-state index in [1.165, 1.54) is 12.3 Å². The Labute approximate surface area is 117 Å². The van der Waals surface area contributed by atoms with Gasteiger partial charge in [-0.3, -0.25) is 4.57 Å². The zero-order chi connectivity index (χ0) is 14.3. The van der Waals surface area contributed by atoms with Crippen LogP contribution in [0.25, 0.3) is 0 Å². The van der Waals surface area contributed by atoms with Gasteiger partial charge in [-0.15, -0.1) is 5.10 Å². The van der Waals surface area contributed by atoms with Crippen LogP contribution in [0.2, 0.25) is 0 Å². The fraction of sp³-hybridized carbons (Fsp3) is 0.273. The molecule has 1 aliphatic carbocycles. The summed E-state index contributed by atoms with van der Waals surface area (Å²) in [4.78, 5) is 26.7. The lowest BCUT2D eigenvalue weighted by Crippen LogP contribution is -2.16. The Morgan fingerprint density at radius 2 is 2.30 bits per heavy atom. The highest BCUT2D eigenvalue weighted by atomic mass is 32.2. The molecule has 8 nitrogen and oxygen atoms in total. The van der Waals surface area contributed by atoms with E-state index in [4.69, 9.17) is 10.8 Å². The molecule has 0 amide bonds. The molecule has 2 aromatic heterocycles. The SMILES string of the molecule is Nc1c(C(=O)O)ccnc1Sc1n[nH]c(=O)n1C1CC1. The van der Waals surface area contributed by atoms with Crippen LogP contribution in [-0.2, 0) is 0 Å². The highest BCUT2D eigenvalue weighted by Gasteiger charge is 2.29. The molecular formula is C11H11N5O3S. The fourth-order valence-electron chi connectivity index (χ4n) is 1.83. The first-order valence-corrected chi connectivity index (χ1v) is 6.72. The Hall–Kier alpha value is -2.29. The Balaban J connectivity index is 1.98. The number of carboxylic acids is 1. The van der Waals surface area contributed by atoms with E-state index in [0.29, 0.717) is 10.2 Å².